The normalized spacial score (nSPS) is 11.8. The SMILES string of the molecule is Cc1nc(COc2ccc(C(=O)OC(C)C(=O)Nc3c(C)nn(C)c3C)cc2)no1. The van der Waals surface area contributed by atoms with Gasteiger partial charge in [0.05, 0.1) is 22.6 Å². The number of carbonyl (C=O) groups is 2. The predicted molar refractivity (Wildman–Crippen MR) is 106 cm³/mol. The van der Waals surface area contributed by atoms with E-state index < -0.39 is 18.0 Å². The number of ether oxygens (including phenoxy) is 2. The molecule has 0 aliphatic rings. The van der Waals surface area contributed by atoms with E-state index in [1.807, 2.05) is 6.92 Å². The van der Waals surface area contributed by atoms with Crippen molar-refractivity contribution in [2.45, 2.75) is 40.4 Å². The fourth-order valence-corrected chi connectivity index (χ4v) is 2.70. The Bertz CT molecular complexity index is 1050. The van der Waals surface area contributed by atoms with Crippen LogP contribution in [0.1, 0.15) is 40.4 Å². The predicted octanol–water partition coefficient (Wildman–Crippen LogP) is 2.49. The van der Waals surface area contributed by atoms with Crippen molar-refractivity contribution < 1.29 is 23.6 Å². The molecule has 0 saturated carbocycles. The minimum Gasteiger partial charge on any atom is -0.485 e. The van der Waals surface area contributed by atoms with Crippen LogP contribution in [0, 0.1) is 20.8 Å². The molecule has 0 bridgehead atoms. The molecule has 158 valence electrons. The van der Waals surface area contributed by atoms with Gasteiger partial charge in [-0.2, -0.15) is 10.1 Å². The first-order valence-electron chi connectivity index (χ1n) is 9.28. The van der Waals surface area contributed by atoms with Crippen molar-refractivity contribution in [1.82, 2.24) is 19.9 Å². The molecular weight excluding hydrogens is 390 g/mol. The number of hydrogen-bond donors (Lipinski definition) is 1. The number of carbonyl (C=O) groups excluding carboxylic acids is 2. The molecule has 1 amide bonds. The molecule has 0 spiro atoms. The van der Waals surface area contributed by atoms with E-state index in [0.29, 0.717) is 34.4 Å². The van der Waals surface area contributed by atoms with E-state index in [1.165, 1.54) is 6.92 Å². The Hall–Kier alpha value is -3.69. The van der Waals surface area contributed by atoms with Gasteiger partial charge in [-0.1, -0.05) is 5.16 Å². The second-order valence-electron chi connectivity index (χ2n) is 6.75. The van der Waals surface area contributed by atoms with E-state index in [1.54, 1.807) is 49.8 Å². The molecule has 2 heterocycles. The number of aryl methyl sites for hydroxylation is 3. The van der Waals surface area contributed by atoms with E-state index in [2.05, 4.69) is 20.6 Å². The van der Waals surface area contributed by atoms with Crippen LogP contribution in [-0.2, 0) is 23.2 Å². The highest BCUT2D eigenvalue weighted by Crippen LogP contribution is 2.19. The second-order valence-corrected chi connectivity index (χ2v) is 6.75. The van der Waals surface area contributed by atoms with E-state index >= 15 is 0 Å². The number of rotatable bonds is 7. The number of anilines is 1. The van der Waals surface area contributed by atoms with Crippen LogP contribution in [0.3, 0.4) is 0 Å². The maximum absolute atomic E-state index is 12.4. The Labute approximate surface area is 173 Å². The van der Waals surface area contributed by atoms with Gasteiger partial charge in [-0.25, -0.2) is 4.79 Å². The number of benzene rings is 1. The van der Waals surface area contributed by atoms with Gasteiger partial charge in [0.25, 0.3) is 5.91 Å². The van der Waals surface area contributed by atoms with Gasteiger partial charge in [-0.3, -0.25) is 9.48 Å². The lowest BCUT2D eigenvalue weighted by molar-refractivity contribution is -0.123. The van der Waals surface area contributed by atoms with Crippen molar-refractivity contribution in [2.24, 2.45) is 7.05 Å². The summed E-state index contributed by atoms with van der Waals surface area (Å²) in [4.78, 5) is 28.8. The van der Waals surface area contributed by atoms with E-state index in [4.69, 9.17) is 14.0 Å². The summed E-state index contributed by atoms with van der Waals surface area (Å²) in [5.74, 6) is 0.367. The third kappa shape index (κ3) is 4.83. The van der Waals surface area contributed by atoms with Crippen LogP contribution >= 0.6 is 0 Å². The number of esters is 1. The van der Waals surface area contributed by atoms with Gasteiger partial charge in [0.15, 0.2) is 12.7 Å². The van der Waals surface area contributed by atoms with Gasteiger partial charge >= 0.3 is 5.97 Å². The summed E-state index contributed by atoms with van der Waals surface area (Å²) in [7, 11) is 1.79. The van der Waals surface area contributed by atoms with Gasteiger partial charge in [-0.15, -0.1) is 0 Å². The number of aromatic nitrogens is 4. The lowest BCUT2D eigenvalue weighted by Gasteiger charge is -2.14. The highest BCUT2D eigenvalue weighted by atomic mass is 16.5. The summed E-state index contributed by atoms with van der Waals surface area (Å²) in [6.45, 7) is 6.99. The van der Waals surface area contributed by atoms with Crippen LogP contribution < -0.4 is 10.1 Å². The molecular formula is C20H23N5O5. The summed E-state index contributed by atoms with van der Waals surface area (Å²) in [6.07, 6.45) is -0.978. The smallest absolute Gasteiger partial charge is 0.338 e. The molecule has 1 atom stereocenters. The molecule has 30 heavy (non-hydrogen) atoms. The van der Waals surface area contributed by atoms with Crippen LogP contribution in [0.4, 0.5) is 5.69 Å². The molecule has 1 unspecified atom stereocenters. The zero-order valence-electron chi connectivity index (χ0n) is 17.4. The number of nitrogens with one attached hydrogen (secondary N) is 1. The molecule has 0 aliphatic carbocycles. The zero-order valence-corrected chi connectivity index (χ0v) is 17.4. The second kappa shape index (κ2) is 8.76. The average molecular weight is 413 g/mol. The van der Waals surface area contributed by atoms with Crippen LogP contribution in [0.5, 0.6) is 5.75 Å². The monoisotopic (exact) mass is 413 g/mol. The molecule has 3 aromatic rings. The first-order chi connectivity index (χ1) is 14.2. The van der Waals surface area contributed by atoms with Crippen molar-refractivity contribution in [3.63, 3.8) is 0 Å². The van der Waals surface area contributed by atoms with Gasteiger partial charge in [0, 0.05) is 14.0 Å². The van der Waals surface area contributed by atoms with Crippen LogP contribution in [-0.4, -0.2) is 37.9 Å². The maximum Gasteiger partial charge on any atom is 0.338 e. The van der Waals surface area contributed by atoms with Gasteiger partial charge in [0.2, 0.25) is 11.7 Å². The summed E-state index contributed by atoms with van der Waals surface area (Å²) in [5.41, 5.74) is 2.41. The zero-order chi connectivity index (χ0) is 21.8. The van der Waals surface area contributed by atoms with Crippen molar-refractivity contribution in [1.29, 1.82) is 0 Å². The summed E-state index contributed by atoms with van der Waals surface area (Å²) < 4.78 is 17.4. The highest BCUT2D eigenvalue weighted by molar-refractivity contribution is 5.98. The standard InChI is InChI=1S/C20H23N5O5/c1-11-18(12(2)25(5)23-11)22-19(26)13(3)29-20(27)15-6-8-16(9-7-15)28-10-17-21-14(4)30-24-17/h6-9,13H,10H2,1-5H3,(H,22,26). The molecule has 0 fully saturated rings. The number of amides is 1. The fourth-order valence-electron chi connectivity index (χ4n) is 2.70. The lowest BCUT2D eigenvalue weighted by atomic mass is 10.2. The molecule has 1 N–H and O–H groups in total. The van der Waals surface area contributed by atoms with E-state index in [9.17, 15) is 9.59 Å². The third-order valence-corrected chi connectivity index (χ3v) is 4.44. The molecule has 10 heteroatoms. The first-order valence-corrected chi connectivity index (χ1v) is 9.28. The third-order valence-electron chi connectivity index (χ3n) is 4.44. The molecule has 2 aromatic heterocycles. The number of nitrogens with zero attached hydrogens (tertiary/aromatic N) is 4. The minimum absolute atomic E-state index is 0.144. The maximum atomic E-state index is 12.4. The average Bonchev–Trinajstić information content (AvgIpc) is 3.24. The van der Waals surface area contributed by atoms with Crippen LogP contribution in [0.2, 0.25) is 0 Å². The molecule has 1 aromatic carbocycles. The molecule has 0 saturated heterocycles. The van der Waals surface area contributed by atoms with Crippen molar-refractivity contribution in [2.75, 3.05) is 5.32 Å². The van der Waals surface area contributed by atoms with Gasteiger partial charge in [-0.05, 0) is 45.0 Å². The largest absolute Gasteiger partial charge is 0.485 e. The van der Waals surface area contributed by atoms with Gasteiger partial charge in [0.1, 0.15) is 5.75 Å². The van der Waals surface area contributed by atoms with Gasteiger partial charge < -0.3 is 19.3 Å². The first kappa shape index (κ1) is 21.0. The molecule has 3 rings (SSSR count). The summed E-state index contributed by atoms with van der Waals surface area (Å²) in [6, 6.07) is 6.35. The Kier molecular flexibility index (Phi) is 6.14. The number of hydrogen-bond acceptors (Lipinski definition) is 8. The summed E-state index contributed by atoms with van der Waals surface area (Å²) >= 11 is 0. The van der Waals surface area contributed by atoms with Crippen molar-refractivity contribution >= 4 is 17.6 Å². The molecule has 10 nitrogen and oxygen atoms in total. The lowest BCUT2D eigenvalue weighted by Crippen LogP contribution is -2.30. The Morgan fingerprint density at radius 3 is 2.47 bits per heavy atom. The van der Waals surface area contributed by atoms with Crippen molar-refractivity contribution in [3.8, 4) is 5.75 Å². The van der Waals surface area contributed by atoms with Crippen molar-refractivity contribution in [3.05, 3.63) is 52.9 Å². The Morgan fingerprint density at radius 1 is 1.20 bits per heavy atom. The Morgan fingerprint density at radius 2 is 1.90 bits per heavy atom. The van der Waals surface area contributed by atoms with E-state index in [-0.39, 0.29) is 6.61 Å². The van der Waals surface area contributed by atoms with E-state index in [0.717, 1.165) is 5.69 Å². The summed E-state index contributed by atoms with van der Waals surface area (Å²) in [5, 5.41) is 10.7. The molecule has 0 radical (unpaired) electrons. The van der Waals surface area contributed by atoms with Crippen LogP contribution in [0.15, 0.2) is 28.8 Å². The fraction of sp³-hybridized carbons (Fsp3) is 0.350. The molecule has 0 aliphatic heterocycles. The highest BCUT2D eigenvalue weighted by Gasteiger charge is 2.21. The Balaban J connectivity index is 1.54. The quantitative estimate of drug-likeness (QED) is 0.586. The minimum atomic E-state index is -0.978. The van der Waals surface area contributed by atoms with Crippen LogP contribution in [0.25, 0.3) is 0 Å². The topological polar surface area (TPSA) is 121 Å².